The molecule has 2 N–H and O–H groups in total. The van der Waals surface area contributed by atoms with Gasteiger partial charge in [-0.05, 0) is 18.6 Å². The summed E-state index contributed by atoms with van der Waals surface area (Å²) in [5.74, 6) is -0.0208. The second kappa shape index (κ2) is 6.23. The van der Waals surface area contributed by atoms with E-state index < -0.39 is 6.04 Å². The minimum absolute atomic E-state index is 0.0208. The van der Waals surface area contributed by atoms with Crippen LogP contribution in [-0.4, -0.2) is 28.9 Å². The first-order valence-corrected chi connectivity index (χ1v) is 5.55. The molecule has 0 bridgehead atoms. The Morgan fingerprint density at radius 2 is 2.31 bits per heavy atom. The molecule has 88 valence electrons. The zero-order valence-corrected chi connectivity index (χ0v) is 9.89. The first kappa shape index (κ1) is 12.6. The van der Waals surface area contributed by atoms with Gasteiger partial charge in [-0.25, -0.2) is 0 Å². The third-order valence-corrected chi connectivity index (χ3v) is 2.42. The van der Waals surface area contributed by atoms with Crippen LogP contribution < -0.4 is 5.73 Å². The highest BCUT2D eigenvalue weighted by atomic mass is 16.2. The Balaban J connectivity index is 2.52. The lowest BCUT2D eigenvalue weighted by molar-refractivity contribution is -0.132. The van der Waals surface area contributed by atoms with Crippen LogP contribution in [0.5, 0.6) is 0 Å². The fourth-order valence-electron chi connectivity index (χ4n) is 1.53. The molecule has 1 amide bonds. The fourth-order valence-corrected chi connectivity index (χ4v) is 1.53. The normalized spacial score (nSPS) is 12.2. The maximum Gasteiger partial charge on any atom is 0.239 e. The fraction of sp³-hybridized carbons (Fsp3) is 0.500. The van der Waals surface area contributed by atoms with Gasteiger partial charge in [-0.2, -0.15) is 0 Å². The van der Waals surface area contributed by atoms with Crippen molar-refractivity contribution in [1.82, 2.24) is 9.88 Å². The molecule has 0 saturated carbocycles. The third-order valence-electron chi connectivity index (χ3n) is 2.42. The molecule has 1 heterocycles. The maximum absolute atomic E-state index is 11.8. The van der Waals surface area contributed by atoms with Crippen molar-refractivity contribution >= 4 is 5.91 Å². The lowest BCUT2D eigenvalue weighted by atomic mass is 10.1. The maximum atomic E-state index is 11.8. The van der Waals surface area contributed by atoms with E-state index in [1.54, 1.807) is 18.1 Å². The van der Waals surface area contributed by atoms with Crippen molar-refractivity contribution in [3.63, 3.8) is 0 Å². The molecule has 0 aliphatic rings. The average Bonchev–Trinajstić information content (AvgIpc) is 2.29. The molecule has 0 aliphatic heterocycles. The summed E-state index contributed by atoms with van der Waals surface area (Å²) in [5.41, 5.74) is 6.65. The van der Waals surface area contributed by atoms with Gasteiger partial charge in [-0.3, -0.25) is 9.78 Å². The number of rotatable bonds is 5. The molecule has 0 aromatic carbocycles. The topological polar surface area (TPSA) is 59.2 Å². The monoisotopic (exact) mass is 221 g/mol. The number of hydrogen-bond acceptors (Lipinski definition) is 3. The SMILES string of the molecule is CCCC(N)C(=O)N(C)Cc1ccccn1. The summed E-state index contributed by atoms with van der Waals surface area (Å²) >= 11 is 0. The Morgan fingerprint density at radius 1 is 1.56 bits per heavy atom. The number of nitrogens with zero attached hydrogens (tertiary/aromatic N) is 2. The second-order valence-electron chi connectivity index (χ2n) is 3.91. The Morgan fingerprint density at radius 3 is 2.88 bits per heavy atom. The van der Waals surface area contributed by atoms with Crippen LogP contribution in [0, 0.1) is 0 Å². The number of carbonyl (C=O) groups is 1. The van der Waals surface area contributed by atoms with Crippen molar-refractivity contribution in [1.29, 1.82) is 0 Å². The lowest BCUT2D eigenvalue weighted by Crippen LogP contribution is -2.41. The minimum atomic E-state index is -0.390. The Kier molecular flexibility index (Phi) is 4.92. The van der Waals surface area contributed by atoms with Crippen LogP contribution in [-0.2, 0) is 11.3 Å². The molecule has 0 spiro atoms. The van der Waals surface area contributed by atoms with E-state index >= 15 is 0 Å². The van der Waals surface area contributed by atoms with Gasteiger partial charge in [0, 0.05) is 13.2 Å². The molecular formula is C12H19N3O. The summed E-state index contributed by atoms with van der Waals surface area (Å²) in [6.45, 7) is 2.53. The van der Waals surface area contributed by atoms with E-state index in [0.29, 0.717) is 6.54 Å². The van der Waals surface area contributed by atoms with Crippen LogP contribution in [0.25, 0.3) is 0 Å². The number of carbonyl (C=O) groups excluding carboxylic acids is 1. The average molecular weight is 221 g/mol. The molecule has 1 atom stereocenters. The standard InChI is InChI=1S/C12H19N3O/c1-3-6-11(13)12(16)15(2)9-10-7-4-5-8-14-10/h4-5,7-8,11H,3,6,9,13H2,1-2H3. The predicted octanol–water partition coefficient (Wildman–Crippen LogP) is 1.17. The van der Waals surface area contributed by atoms with E-state index in [0.717, 1.165) is 18.5 Å². The third kappa shape index (κ3) is 3.62. The molecule has 4 heteroatoms. The highest BCUT2D eigenvalue weighted by Gasteiger charge is 2.17. The zero-order chi connectivity index (χ0) is 12.0. The van der Waals surface area contributed by atoms with Crippen molar-refractivity contribution < 1.29 is 4.79 Å². The zero-order valence-electron chi connectivity index (χ0n) is 9.89. The van der Waals surface area contributed by atoms with E-state index in [1.165, 1.54) is 0 Å². The van der Waals surface area contributed by atoms with Crippen molar-refractivity contribution in [3.05, 3.63) is 30.1 Å². The number of amides is 1. The summed E-state index contributed by atoms with van der Waals surface area (Å²) in [5, 5.41) is 0. The van der Waals surface area contributed by atoms with E-state index in [9.17, 15) is 4.79 Å². The molecule has 1 aromatic heterocycles. The van der Waals surface area contributed by atoms with Crippen LogP contribution in [0.3, 0.4) is 0 Å². The van der Waals surface area contributed by atoms with Gasteiger partial charge in [0.05, 0.1) is 18.3 Å². The lowest BCUT2D eigenvalue weighted by Gasteiger charge is -2.20. The van der Waals surface area contributed by atoms with Gasteiger partial charge in [-0.1, -0.05) is 19.4 Å². The predicted molar refractivity (Wildman–Crippen MR) is 63.6 cm³/mol. The van der Waals surface area contributed by atoms with Crippen LogP contribution >= 0.6 is 0 Å². The van der Waals surface area contributed by atoms with Crippen molar-refractivity contribution in [2.75, 3.05) is 7.05 Å². The molecule has 4 nitrogen and oxygen atoms in total. The van der Waals surface area contributed by atoms with Gasteiger partial charge >= 0.3 is 0 Å². The highest BCUT2D eigenvalue weighted by Crippen LogP contribution is 2.03. The molecule has 1 aromatic rings. The quantitative estimate of drug-likeness (QED) is 0.812. The van der Waals surface area contributed by atoms with Crippen molar-refractivity contribution in [3.8, 4) is 0 Å². The molecule has 0 aliphatic carbocycles. The van der Waals surface area contributed by atoms with Gasteiger partial charge in [0.2, 0.25) is 5.91 Å². The summed E-state index contributed by atoms with van der Waals surface area (Å²) in [6, 6.07) is 5.27. The van der Waals surface area contributed by atoms with Gasteiger partial charge in [0.1, 0.15) is 0 Å². The minimum Gasteiger partial charge on any atom is -0.339 e. The van der Waals surface area contributed by atoms with Crippen LogP contribution in [0.15, 0.2) is 24.4 Å². The number of likely N-dealkylation sites (N-methyl/N-ethyl adjacent to an activating group) is 1. The second-order valence-corrected chi connectivity index (χ2v) is 3.91. The van der Waals surface area contributed by atoms with E-state index in [4.69, 9.17) is 5.73 Å². The molecule has 1 rings (SSSR count). The number of aromatic nitrogens is 1. The summed E-state index contributed by atoms with van der Waals surface area (Å²) in [4.78, 5) is 17.6. The van der Waals surface area contributed by atoms with Gasteiger partial charge in [0.25, 0.3) is 0 Å². The summed E-state index contributed by atoms with van der Waals surface area (Å²) < 4.78 is 0. The van der Waals surface area contributed by atoms with E-state index in [1.807, 2.05) is 25.1 Å². The Bertz CT molecular complexity index is 326. The smallest absolute Gasteiger partial charge is 0.239 e. The first-order chi connectivity index (χ1) is 7.65. The number of hydrogen-bond donors (Lipinski definition) is 1. The Labute approximate surface area is 96.5 Å². The summed E-state index contributed by atoms with van der Waals surface area (Å²) in [6.07, 6.45) is 3.37. The van der Waals surface area contributed by atoms with Gasteiger partial charge in [-0.15, -0.1) is 0 Å². The molecular weight excluding hydrogens is 202 g/mol. The van der Waals surface area contributed by atoms with Crippen molar-refractivity contribution in [2.45, 2.75) is 32.4 Å². The van der Waals surface area contributed by atoms with Crippen LogP contribution in [0.2, 0.25) is 0 Å². The molecule has 0 saturated heterocycles. The number of nitrogens with two attached hydrogens (primary N) is 1. The highest BCUT2D eigenvalue weighted by molar-refractivity contribution is 5.81. The van der Waals surface area contributed by atoms with E-state index in [-0.39, 0.29) is 5.91 Å². The largest absolute Gasteiger partial charge is 0.339 e. The van der Waals surface area contributed by atoms with Crippen LogP contribution in [0.4, 0.5) is 0 Å². The van der Waals surface area contributed by atoms with Crippen molar-refractivity contribution in [2.24, 2.45) is 5.73 Å². The van der Waals surface area contributed by atoms with E-state index in [2.05, 4.69) is 4.98 Å². The molecule has 0 radical (unpaired) electrons. The van der Waals surface area contributed by atoms with Gasteiger partial charge in [0.15, 0.2) is 0 Å². The van der Waals surface area contributed by atoms with Gasteiger partial charge < -0.3 is 10.6 Å². The molecule has 16 heavy (non-hydrogen) atoms. The molecule has 1 unspecified atom stereocenters. The molecule has 0 fully saturated rings. The van der Waals surface area contributed by atoms with Crippen LogP contribution in [0.1, 0.15) is 25.5 Å². The summed E-state index contributed by atoms with van der Waals surface area (Å²) in [7, 11) is 1.76. The number of pyridine rings is 1. The first-order valence-electron chi connectivity index (χ1n) is 5.55. The Hall–Kier alpha value is -1.42.